The molecular formula is C13H17BrN2O3. The van der Waals surface area contributed by atoms with Gasteiger partial charge in [0.15, 0.2) is 0 Å². The number of aliphatic carboxylic acids is 1. The number of carboxylic acid groups (broad SMARTS) is 1. The zero-order valence-electron chi connectivity index (χ0n) is 10.5. The molecule has 104 valence electrons. The van der Waals surface area contributed by atoms with Crippen molar-refractivity contribution in [1.82, 2.24) is 10.2 Å². The van der Waals surface area contributed by atoms with Crippen molar-refractivity contribution in [2.75, 3.05) is 13.1 Å². The topological polar surface area (TPSA) is 69.6 Å². The van der Waals surface area contributed by atoms with Crippen LogP contribution in [0.3, 0.4) is 0 Å². The van der Waals surface area contributed by atoms with Crippen molar-refractivity contribution in [1.29, 1.82) is 0 Å². The van der Waals surface area contributed by atoms with E-state index in [1.54, 1.807) is 4.90 Å². The molecule has 0 saturated heterocycles. The Labute approximate surface area is 120 Å². The molecule has 0 saturated carbocycles. The van der Waals surface area contributed by atoms with E-state index in [2.05, 4.69) is 21.2 Å². The molecule has 1 aliphatic carbocycles. The van der Waals surface area contributed by atoms with Crippen molar-refractivity contribution in [3.8, 4) is 0 Å². The summed E-state index contributed by atoms with van der Waals surface area (Å²) < 4.78 is 1.11. The largest absolute Gasteiger partial charge is 0.481 e. The minimum absolute atomic E-state index is 0.178. The van der Waals surface area contributed by atoms with E-state index >= 15 is 0 Å². The molecule has 2 atom stereocenters. The average molecular weight is 329 g/mol. The molecule has 2 amide bonds. The first-order chi connectivity index (χ1) is 9.08. The SMILES string of the molecule is O=C(O)[C@@H]1CC=CC[C@@H]1NC(=O)N1CC=C(Br)CC1. The Hall–Kier alpha value is -1.30. The highest BCUT2D eigenvalue weighted by Gasteiger charge is 2.31. The molecule has 0 radical (unpaired) electrons. The number of nitrogens with zero attached hydrogens (tertiary/aromatic N) is 1. The molecule has 0 aromatic heterocycles. The fourth-order valence-corrected chi connectivity index (χ4v) is 2.65. The molecule has 6 heteroatoms. The van der Waals surface area contributed by atoms with Gasteiger partial charge in [0.1, 0.15) is 0 Å². The van der Waals surface area contributed by atoms with Gasteiger partial charge in [0.25, 0.3) is 0 Å². The summed E-state index contributed by atoms with van der Waals surface area (Å²) in [6.07, 6.45) is 7.61. The standard InChI is InChI=1S/C13H17BrN2O3/c14-9-5-7-16(8-6-9)13(19)15-11-4-2-1-3-10(11)12(17)18/h1-2,5,10-11H,3-4,6-8H2,(H,15,19)(H,17,18)/t10-,11+/m1/s1. The van der Waals surface area contributed by atoms with Gasteiger partial charge in [0.05, 0.1) is 5.92 Å². The van der Waals surface area contributed by atoms with Gasteiger partial charge >= 0.3 is 12.0 Å². The third-order valence-electron chi connectivity index (χ3n) is 3.50. The number of hydrogen-bond acceptors (Lipinski definition) is 2. The van der Waals surface area contributed by atoms with Gasteiger partial charge in [-0.3, -0.25) is 4.79 Å². The van der Waals surface area contributed by atoms with E-state index in [1.807, 2.05) is 18.2 Å². The first-order valence-electron chi connectivity index (χ1n) is 6.35. The lowest BCUT2D eigenvalue weighted by Gasteiger charge is -2.31. The second-order valence-electron chi connectivity index (χ2n) is 4.79. The second-order valence-corrected chi connectivity index (χ2v) is 5.81. The molecule has 19 heavy (non-hydrogen) atoms. The maximum absolute atomic E-state index is 12.1. The number of allylic oxidation sites excluding steroid dienone is 1. The van der Waals surface area contributed by atoms with E-state index in [0.29, 0.717) is 25.9 Å². The van der Waals surface area contributed by atoms with Crippen molar-refractivity contribution >= 4 is 27.9 Å². The van der Waals surface area contributed by atoms with Crippen molar-refractivity contribution in [3.05, 3.63) is 22.7 Å². The number of rotatable bonds is 2. The Morgan fingerprint density at radius 2 is 2.11 bits per heavy atom. The third-order valence-corrected chi connectivity index (χ3v) is 4.22. The van der Waals surface area contributed by atoms with E-state index in [9.17, 15) is 9.59 Å². The van der Waals surface area contributed by atoms with Gasteiger partial charge in [-0.25, -0.2) is 4.79 Å². The van der Waals surface area contributed by atoms with Crippen LogP contribution in [0.15, 0.2) is 22.7 Å². The van der Waals surface area contributed by atoms with Crippen LogP contribution in [-0.2, 0) is 4.79 Å². The lowest BCUT2D eigenvalue weighted by Crippen LogP contribution is -2.50. The van der Waals surface area contributed by atoms with Crippen LogP contribution in [-0.4, -0.2) is 41.1 Å². The fraction of sp³-hybridized carbons (Fsp3) is 0.538. The van der Waals surface area contributed by atoms with Gasteiger partial charge in [-0.1, -0.05) is 34.2 Å². The van der Waals surface area contributed by atoms with Crippen LogP contribution in [0.1, 0.15) is 19.3 Å². The first kappa shape index (κ1) is 14.1. The Morgan fingerprint density at radius 3 is 2.74 bits per heavy atom. The minimum Gasteiger partial charge on any atom is -0.481 e. The summed E-state index contributed by atoms with van der Waals surface area (Å²) in [4.78, 5) is 24.9. The number of carbonyl (C=O) groups is 2. The van der Waals surface area contributed by atoms with Crippen LogP contribution in [0.25, 0.3) is 0 Å². The molecular weight excluding hydrogens is 312 g/mol. The number of amides is 2. The molecule has 1 aliphatic heterocycles. The van der Waals surface area contributed by atoms with Crippen molar-refractivity contribution in [3.63, 3.8) is 0 Å². The predicted molar refractivity (Wildman–Crippen MR) is 75.0 cm³/mol. The molecule has 2 N–H and O–H groups in total. The Bertz CT molecular complexity index is 434. The summed E-state index contributed by atoms with van der Waals surface area (Å²) in [7, 11) is 0. The lowest BCUT2D eigenvalue weighted by atomic mass is 9.89. The van der Waals surface area contributed by atoms with Gasteiger partial charge < -0.3 is 15.3 Å². The Balaban J connectivity index is 1.94. The highest BCUT2D eigenvalue weighted by Crippen LogP contribution is 2.21. The lowest BCUT2D eigenvalue weighted by molar-refractivity contribution is -0.142. The number of carboxylic acids is 1. The van der Waals surface area contributed by atoms with E-state index in [-0.39, 0.29) is 12.1 Å². The quantitative estimate of drug-likeness (QED) is 0.762. The molecule has 2 rings (SSSR count). The van der Waals surface area contributed by atoms with Crippen molar-refractivity contribution in [2.45, 2.75) is 25.3 Å². The Morgan fingerprint density at radius 1 is 1.37 bits per heavy atom. The summed E-state index contributed by atoms with van der Waals surface area (Å²) in [5.41, 5.74) is 0. The number of carbonyl (C=O) groups excluding carboxylic acids is 1. The van der Waals surface area contributed by atoms with E-state index in [0.717, 1.165) is 10.9 Å². The molecule has 0 bridgehead atoms. The van der Waals surface area contributed by atoms with Crippen LogP contribution < -0.4 is 5.32 Å². The predicted octanol–water partition coefficient (Wildman–Crippen LogP) is 2.10. The van der Waals surface area contributed by atoms with Gasteiger partial charge in [-0.15, -0.1) is 0 Å². The Kier molecular flexibility index (Phi) is 4.63. The van der Waals surface area contributed by atoms with Crippen molar-refractivity contribution < 1.29 is 14.7 Å². The summed E-state index contributed by atoms with van der Waals surface area (Å²) in [5.74, 6) is -1.38. The van der Waals surface area contributed by atoms with Crippen LogP contribution in [0.2, 0.25) is 0 Å². The molecule has 0 aromatic rings. The van der Waals surface area contributed by atoms with Crippen LogP contribution in [0, 0.1) is 5.92 Å². The average Bonchev–Trinajstić information content (AvgIpc) is 2.39. The summed E-state index contributed by atoms with van der Waals surface area (Å²) in [5, 5.41) is 12.0. The van der Waals surface area contributed by atoms with E-state index < -0.39 is 11.9 Å². The molecule has 0 spiro atoms. The molecule has 5 nitrogen and oxygen atoms in total. The van der Waals surface area contributed by atoms with Gasteiger partial charge in [-0.05, 0) is 23.7 Å². The number of halogens is 1. The smallest absolute Gasteiger partial charge is 0.317 e. The minimum atomic E-state index is -0.851. The number of hydrogen-bond donors (Lipinski definition) is 2. The molecule has 0 fully saturated rings. The maximum Gasteiger partial charge on any atom is 0.317 e. The van der Waals surface area contributed by atoms with Crippen LogP contribution in [0.4, 0.5) is 4.79 Å². The highest BCUT2D eigenvalue weighted by molar-refractivity contribution is 9.11. The summed E-state index contributed by atoms with van der Waals surface area (Å²) in [6.45, 7) is 1.22. The monoisotopic (exact) mass is 328 g/mol. The summed E-state index contributed by atoms with van der Waals surface area (Å²) >= 11 is 3.41. The first-order valence-corrected chi connectivity index (χ1v) is 7.15. The number of urea groups is 1. The van der Waals surface area contributed by atoms with E-state index in [1.165, 1.54) is 0 Å². The normalized spacial score (nSPS) is 26.8. The maximum atomic E-state index is 12.1. The summed E-state index contributed by atoms with van der Waals surface area (Å²) in [6, 6.07) is -0.493. The molecule has 2 aliphatic rings. The van der Waals surface area contributed by atoms with Crippen LogP contribution in [0.5, 0.6) is 0 Å². The van der Waals surface area contributed by atoms with Crippen LogP contribution >= 0.6 is 15.9 Å². The zero-order chi connectivity index (χ0) is 13.8. The molecule has 0 unspecified atom stereocenters. The number of nitrogens with one attached hydrogen (secondary N) is 1. The zero-order valence-corrected chi connectivity index (χ0v) is 12.1. The van der Waals surface area contributed by atoms with Gasteiger partial charge in [0, 0.05) is 19.1 Å². The molecule has 0 aromatic carbocycles. The fourth-order valence-electron chi connectivity index (χ4n) is 2.33. The third kappa shape index (κ3) is 3.59. The second kappa shape index (κ2) is 6.23. The van der Waals surface area contributed by atoms with Gasteiger partial charge in [-0.2, -0.15) is 0 Å². The highest BCUT2D eigenvalue weighted by atomic mass is 79.9. The van der Waals surface area contributed by atoms with E-state index in [4.69, 9.17) is 5.11 Å². The van der Waals surface area contributed by atoms with Crippen molar-refractivity contribution in [2.24, 2.45) is 5.92 Å². The van der Waals surface area contributed by atoms with Gasteiger partial charge in [0.2, 0.25) is 0 Å². The molecule has 1 heterocycles.